The molecule has 4 rings (SSSR count). The zero-order valence-corrected chi connectivity index (χ0v) is 18.7. The lowest BCUT2D eigenvalue weighted by atomic mass is 9.95. The monoisotopic (exact) mass is 487 g/mol. The van der Waals surface area contributed by atoms with Gasteiger partial charge in [0.1, 0.15) is 17.5 Å². The minimum absolute atomic E-state index is 0.0955. The highest BCUT2D eigenvalue weighted by Gasteiger charge is 2.35. The van der Waals surface area contributed by atoms with Crippen molar-refractivity contribution in [2.45, 2.75) is 13.0 Å². The summed E-state index contributed by atoms with van der Waals surface area (Å²) >= 11 is 5.80. The fourth-order valence-electron chi connectivity index (χ4n) is 3.89. The number of hydrogen-bond donors (Lipinski definition) is 1. The maximum absolute atomic E-state index is 14.3. The number of halogens is 4. The van der Waals surface area contributed by atoms with E-state index in [0.29, 0.717) is 12.1 Å². The number of rotatable bonds is 5. The molecule has 1 fully saturated rings. The van der Waals surface area contributed by atoms with Crippen LogP contribution in [0.5, 0.6) is 0 Å². The molecule has 1 unspecified atom stereocenters. The predicted octanol–water partition coefficient (Wildman–Crippen LogP) is 5.45. The summed E-state index contributed by atoms with van der Waals surface area (Å²) in [4.78, 5) is 29.0. The van der Waals surface area contributed by atoms with Gasteiger partial charge in [-0.3, -0.25) is 4.79 Å². The van der Waals surface area contributed by atoms with Gasteiger partial charge in [0.2, 0.25) is 5.91 Å². The fourth-order valence-corrected chi connectivity index (χ4v) is 4.07. The number of benzene rings is 3. The van der Waals surface area contributed by atoms with Crippen molar-refractivity contribution in [1.29, 1.82) is 0 Å². The van der Waals surface area contributed by atoms with Gasteiger partial charge < -0.3 is 15.1 Å². The Kier molecular flexibility index (Phi) is 7.07. The normalized spacial score (nSPS) is 16.0. The van der Waals surface area contributed by atoms with Crippen molar-refractivity contribution < 1.29 is 22.8 Å². The van der Waals surface area contributed by atoms with Crippen LogP contribution in [0.1, 0.15) is 11.1 Å². The molecule has 0 radical (unpaired) electrons. The van der Waals surface area contributed by atoms with Gasteiger partial charge in [-0.25, -0.2) is 18.0 Å². The highest BCUT2D eigenvalue weighted by atomic mass is 35.5. The lowest BCUT2D eigenvalue weighted by Gasteiger charge is -2.40. The lowest BCUT2D eigenvalue weighted by Crippen LogP contribution is -2.56. The third-order valence-electron chi connectivity index (χ3n) is 5.60. The van der Waals surface area contributed by atoms with Gasteiger partial charge in [-0.1, -0.05) is 48.0 Å². The molecule has 176 valence electrons. The Hall–Kier alpha value is -3.52. The number of anilines is 1. The Balaban J connectivity index is 1.56. The van der Waals surface area contributed by atoms with Crippen LogP contribution in [0.2, 0.25) is 5.02 Å². The van der Waals surface area contributed by atoms with Gasteiger partial charge in [-0.15, -0.1) is 0 Å². The molecule has 1 aliphatic heterocycles. The molecule has 3 aromatic rings. The Morgan fingerprint density at radius 1 is 1.00 bits per heavy atom. The second-order valence-corrected chi connectivity index (χ2v) is 8.49. The molecule has 1 N–H and O–H groups in total. The van der Waals surface area contributed by atoms with Crippen LogP contribution in [0.25, 0.3) is 0 Å². The number of nitrogens with one attached hydrogen (secondary N) is 1. The summed E-state index contributed by atoms with van der Waals surface area (Å²) in [5.74, 6) is -2.90. The maximum atomic E-state index is 14.3. The van der Waals surface area contributed by atoms with E-state index in [9.17, 15) is 22.8 Å². The number of amides is 3. The summed E-state index contributed by atoms with van der Waals surface area (Å²) in [5, 5.41) is 2.52. The quantitative estimate of drug-likeness (QED) is 0.520. The minimum Gasteiger partial charge on any atom is -0.320 e. The smallest absolute Gasteiger partial charge is 0.320 e. The molecule has 1 aliphatic rings. The van der Waals surface area contributed by atoms with E-state index < -0.39 is 29.4 Å². The van der Waals surface area contributed by atoms with Crippen molar-refractivity contribution in [2.24, 2.45) is 5.92 Å². The number of carbonyl (C=O) groups excluding carboxylic acids is 2. The Morgan fingerprint density at radius 2 is 1.76 bits per heavy atom. The van der Waals surface area contributed by atoms with Crippen molar-refractivity contribution in [3.63, 3.8) is 0 Å². The largest absolute Gasteiger partial charge is 0.323 e. The first kappa shape index (κ1) is 23.6. The van der Waals surface area contributed by atoms with E-state index in [-0.39, 0.29) is 36.3 Å². The van der Waals surface area contributed by atoms with Gasteiger partial charge in [0, 0.05) is 23.9 Å². The predicted molar refractivity (Wildman–Crippen MR) is 123 cm³/mol. The van der Waals surface area contributed by atoms with Crippen LogP contribution < -0.4 is 5.32 Å². The Labute approximate surface area is 199 Å². The summed E-state index contributed by atoms with van der Waals surface area (Å²) in [7, 11) is 0. The van der Waals surface area contributed by atoms with Crippen molar-refractivity contribution in [3.05, 3.63) is 100 Å². The van der Waals surface area contributed by atoms with Crippen molar-refractivity contribution in [1.82, 2.24) is 9.80 Å². The number of urea groups is 1. The van der Waals surface area contributed by atoms with Gasteiger partial charge in [0.25, 0.3) is 0 Å². The third kappa shape index (κ3) is 5.51. The lowest BCUT2D eigenvalue weighted by molar-refractivity contribution is -0.142. The summed E-state index contributed by atoms with van der Waals surface area (Å²) in [6.45, 7) is -0.0824. The highest BCUT2D eigenvalue weighted by molar-refractivity contribution is 6.31. The topological polar surface area (TPSA) is 52.7 Å². The van der Waals surface area contributed by atoms with Gasteiger partial charge in [0.05, 0.1) is 24.2 Å². The number of carbonyl (C=O) groups is 2. The molecule has 0 saturated carbocycles. The second kappa shape index (κ2) is 10.2. The number of hydrogen-bond acceptors (Lipinski definition) is 2. The van der Waals surface area contributed by atoms with Crippen molar-refractivity contribution in [2.75, 3.05) is 18.5 Å². The SMILES string of the molecule is O=C(Nc1ccc(F)c(Cl)c1)N1CC(Cc2ccccc2)C(=O)N(Cc2ccc(F)cc2F)C1. The van der Waals surface area contributed by atoms with E-state index in [0.717, 1.165) is 23.8 Å². The third-order valence-corrected chi connectivity index (χ3v) is 5.89. The zero-order valence-electron chi connectivity index (χ0n) is 18.0. The average molecular weight is 488 g/mol. The molecule has 3 aromatic carbocycles. The molecule has 1 saturated heterocycles. The zero-order chi connectivity index (χ0) is 24.2. The molecule has 34 heavy (non-hydrogen) atoms. The molecular weight excluding hydrogens is 467 g/mol. The number of nitrogens with zero attached hydrogens (tertiary/aromatic N) is 2. The molecule has 5 nitrogen and oxygen atoms in total. The molecule has 1 atom stereocenters. The molecule has 0 spiro atoms. The molecule has 0 aromatic heterocycles. The van der Waals surface area contributed by atoms with Crippen LogP contribution in [0.4, 0.5) is 23.7 Å². The van der Waals surface area contributed by atoms with Gasteiger partial charge in [-0.05, 0) is 36.2 Å². The molecular formula is C25H21ClF3N3O2. The molecule has 0 bridgehead atoms. The van der Waals surface area contributed by atoms with Gasteiger partial charge in [-0.2, -0.15) is 0 Å². The summed E-state index contributed by atoms with van der Waals surface area (Å²) in [6, 6.07) is 15.8. The van der Waals surface area contributed by atoms with Crippen LogP contribution in [0, 0.1) is 23.4 Å². The first-order valence-electron chi connectivity index (χ1n) is 10.6. The minimum atomic E-state index is -0.769. The van der Waals surface area contributed by atoms with Crippen molar-refractivity contribution in [3.8, 4) is 0 Å². The maximum Gasteiger partial charge on any atom is 0.323 e. The molecule has 9 heteroatoms. The second-order valence-electron chi connectivity index (χ2n) is 8.08. The van der Waals surface area contributed by atoms with E-state index in [4.69, 9.17) is 11.6 Å². The first-order valence-corrected chi connectivity index (χ1v) is 11.0. The van der Waals surface area contributed by atoms with Crippen LogP contribution in [0.3, 0.4) is 0 Å². The molecule has 1 heterocycles. The van der Waals surface area contributed by atoms with Crippen LogP contribution in [0.15, 0.2) is 66.7 Å². The van der Waals surface area contributed by atoms with Crippen LogP contribution >= 0.6 is 11.6 Å². The summed E-state index contributed by atoms with van der Waals surface area (Å²) in [6.07, 6.45) is 0.383. The van der Waals surface area contributed by atoms with Gasteiger partial charge in [0.15, 0.2) is 0 Å². The van der Waals surface area contributed by atoms with Gasteiger partial charge >= 0.3 is 6.03 Å². The van der Waals surface area contributed by atoms with E-state index >= 15 is 0 Å². The summed E-state index contributed by atoms with van der Waals surface area (Å²) < 4.78 is 41.1. The van der Waals surface area contributed by atoms with E-state index in [2.05, 4.69) is 5.32 Å². The van der Waals surface area contributed by atoms with E-state index in [1.807, 2.05) is 30.3 Å². The first-order chi connectivity index (χ1) is 16.3. The molecule has 3 amide bonds. The standard InChI is InChI=1S/C25H21ClF3N3O2/c26-21-12-20(8-9-22(21)28)30-25(34)32-14-18(10-16-4-2-1-3-5-16)24(33)31(15-32)13-17-6-7-19(27)11-23(17)29/h1-9,11-12,18H,10,13-15H2,(H,30,34). The Bertz CT molecular complexity index is 1210. The fraction of sp³-hybridized carbons (Fsp3) is 0.200. The van der Waals surface area contributed by atoms with E-state index in [1.165, 1.54) is 28.0 Å². The van der Waals surface area contributed by atoms with Crippen LogP contribution in [-0.2, 0) is 17.8 Å². The van der Waals surface area contributed by atoms with Crippen molar-refractivity contribution >= 4 is 29.2 Å². The summed E-state index contributed by atoms with van der Waals surface area (Å²) in [5.41, 5.74) is 1.35. The average Bonchev–Trinajstić information content (AvgIpc) is 2.81. The highest BCUT2D eigenvalue weighted by Crippen LogP contribution is 2.24. The van der Waals surface area contributed by atoms with E-state index in [1.54, 1.807) is 0 Å². The van der Waals surface area contributed by atoms with Crippen LogP contribution in [-0.4, -0.2) is 35.0 Å². The Morgan fingerprint density at radius 3 is 2.47 bits per heavy atom. The molecule has 0 aliphatic carbocycles.